The third-order valence-electron chi connectivity index (χ3n) is 2.33. The van der Waals surface area contributed by atoms with Gasteiger partial charge in [-0.15, -0.1) is 0 Å². The second kappa shape index (κ2) is 6.44. The maximum atomic E-state index is 3.38. The highest BCUT2D eigenvalue weighted by Crippen LogP contribution is 2.28. The van der Waals surface area contributed by atoms with Crippen LogP contribution in [-0.4, -0.2) is 26.2 Å². The molecule has 0 saturated carbocycles. The summed E-state index contributed by atoms with van der Waals surface area (Å²) in [6.07, 6.45) is 1.39. The fourth-order valence-corrected chi connectivity index (χ4v) is 1.58. The van der Waals surface area contributed by atoms with Gasteiger partial charge in [-0.2, -0.15) is 0 Å². The summed E-state index contributed by atoms with van der Waals surface area (Å²) < 4.78 is 0. The molecule has 0 bridgehead atoms. The van der Waals surface area contributed by atoms with E-state index in [1.54, 1.807) is 0 Å². The highest BCUT2D eigenvalue weighted by molar-refractivity contribution is 4.97. The van der Waals surface area contributed by atoms with Crippen molar-refractivity contribution in [2.45, 2.75) is 34.1 Å². The SMILES string of the molecule is C1CC2(CN1)CNC2.CC.CC. The summed E-state index contributed by atoms with van der Waals surface area (Å²) in [6, 6.07) is 0. The molecule has 2 fully saturated rings. The number of hydrogen-bond donors (Lipinski definition) is 2. The van der Waals surface area contributed by atoms with Crippen LogP contribution in [0.2, 0.25) is 0 Å². The first-order valence-electron chi connectivity index (χ1n) is 5.33. The van der Waals surface area contributed by atoms with Gasteiger partial charge in [0.2, 0.25) is 0 Å². The normalized spacial score (nSPS) is 23.0. The molecule has 2 aliphatic rings. The zero-order valence-corrected chi connectivity index (χ0v) is 9.04. The second-order valence-electron chi connectivity index (χ2n) is 3.03. The summed E-state index contributed by atoms with van der Waals surface area (Å²) in [5.41, 5.74) is 0.694. The minimum atomic E-state index is 0.694. The molecular weight excluding hydrogens is 148 g/mol. The topological polar surface area (TPSA) is 24.1 Å². The number of rotatable bonds is 0. The fourth-order valence-electron chi connectivity index (χ4n) is 1.58. The Balaban J connectivity index is 0.000000269. The van der Waals surface area contributed by atoms with Crippen LogP contribution in [0, 0.1) is 5.41 Å². The Morgan fingerprint density at radius 2 is 1.33 bits per heavy atom. The Morgan fingerprint density at radius 1 is 0.833 bits per heavy atom. The zero-order valence-electron chi connectivity index (χ0n) is 9.04. The van der Waals surface area contributed by atoms with Crippen molar-refractivity contribution in [1.29, 1.82) is 0 Å². The molecule has 2 saturated heterocycles. The van der Waals surface area contributed by atoms with Crippen LogP contribution in [0.1, 0.15) is 34.1 Å². The Morgan fingerprint density at radius 3 is 1.50 bits per heavy atom. The number of hydrogen-bond acceptors (Lipinski definition) is 2. The van der Waals surface area contributed by atoms with E-state index in [0.717, 1.165) is 0 Å². The summed E-state index contributed by atoms with van der Waals surface area (Å²) in [7, 11) is 0. The minimum absolute atomic E-state index is 0.694. The van der Waals surface area contributed by atoms with Gasteiger partial charge in [0, 0.05) is 25.0 Å². The molecule has 2 nitrogen and oxygen atoms in total. The van der Waals surface area contributed by atoms with E-state index >= 15 is 0 Å². The van der Waals surface area contributed by atoms with E-state index < -0.39 is 0 Å². The van der Waals surface area contributed by atoms with Crippen molar-refractivity contribution in [3.63, 3.8) is 0 Å². The Kier molecular flexibility index (Phi) is 6.39. The fraction of sp³-hybridized carbons (Fsp3) is 1.00. The molecule has 12 heavy (non-hydrogen) atoms. The van der Waals surface area contributed by atoms with Crippen molar-refractivity contribution in [3.8, 4) is 0 Å². The van der Waals surface area contributed by atoms with Gasteiger partial charge in [0.25, 0.3) is 0 Å². The predicted octanol–water partition coefficient (Wildman–Crippen LogP) is 1.62. The van der Waals surface area contributed by atoms with E-state index in [1.807, 2.05) is 27.7 Å². The van der Waals surface area contributed by atoms with Gasteiger partial charge in [0.1, 0.15) is 0 Å². The molecule has 0 amide bonds. The van der Waals surface area contributed by atoms with Gasteiger partial charge in [-0.05, 0) is 13.0 Å². The summed E-state index contributed by atoms with van der Waals surface area (Å²) in [5.74, 6) is 0. The van der Waals surface area contributed by atoms with Crippen molar-refractivity contribution in [2.75, 3.05) is 26.2 Å². The zero-order chi connectivity index (χ0) is 9.45. The van der Waals surface area contributed by atoms with E-state index in [4.69, 9.17) is 0 Å². The lowest BCUT2D eigenvalue weighted by Gasteiger charge is -2.38. The van der Waals surface area contributed by atoms with Crippen LogP contribution in [-0.2, 0) is 0 Å². The molecule has 0 aromatic carbocycles. The molecule has 0 unspecified atom stereocenters. The maximum absolute atomic E-state index is 3.38. The Bertz CT molecular complexity index is 90.0. The van der Waals surface area contributed by atoms with Gasteiger partial charge in [-0.3, -0.25) is 0 Å². The molecule has 2 heterocycles. The van der Waals surface area contributed by atoms with Crippen LogP contribution in [0.25, 0.3) is 0 Å². The van der Waals surface area contributed by atoms with Crippen LogP contribution < -0.4 is 10.6 Å². The standard InChI is InChI=1S/C6H12N2.2C2H6/c1-2-7-3-6(1)4-8-5-6;2*1-2/h7-8H,1-5H2;2*1-2H3. The van der Waals surface area contributed by atoms with E-state index in [2.05, 4.69) is 10.6 Å². The molecule has 0 aromatic heterocycles. The lowest BCUT2D eigenvalue weighted by Crippen LogP contribution is -2.54. The highest BCUT2D eigenvalue weighted by atomic mass is 15.1. The van der Waals surface area contributed by atoms with E-state index in [-0.39, 0.29) is 0 Å². The van der Waals surface area contributed by atoms with Crippen molar-refractivity contribution in [2.24, 2.45) is 5.41 Å². The lowest BCUT2D eigenvalue weighted by atomic mass is 9.81. The predicted molar refractivity (Wildman–Crippen MR) is 55.5 cm³/mol. The van der Waals surface area contributed by atoms with E-state index in [9.17, 15) is 0 Å². The Labute approximate surface area is 77.1 Å². The lowest BCUT2D eigenvalue weighted by molar-refractivity contribution is 0.197. The average Bonchev–Trinajstić information content (AvgIpc) is 2.59. The first-order valence-corrected chi connectivity index (χ1v) is 5.33. The summed E-state index contributed by atoms with van der Waals surface area (Å²) >= 11 is 0. The van der Waals surface area contributed by atoms with Crippen molar-refractivity contribution in [3.05, 3.63) is 0 Å². The van der Waals surface area contributed by atoms with E-state index in [1.165, 1.54) is 32.6 Å². The van der Waals surface area contributed by atoms with Crippen molar-refractivity contribution in [1.82, 2.24) is 10.6 Å². The smallest absolute Gasteiger partial charge is 0.00892 e. The van der Waals surface area contributed by atoms with Gasteiger partial charge >= 0.3 is 0 Å². The van der Waals surface area contributed by atoms with Crippen LogP contribution in [0.4, 0.5) is 0 Å². The highest BCUT2D eigenvalue weighted by Gasteiger charge is 2.38. The quantitative estimate of drug-likeness (QED) is 0.580. The van der Waals surface area contributed by atoms with Gasteiger partial charge in [-0.25, -0.2) is 0 Å². The van der Waals surface area contributed by atoms with Gasteiger partial charge in [0.15, 0.2) is 0 Å². The summed E-state index contributed by atoms with van der Waals surface area (Å²) in [4.78, 5) is 0. The van der Waals surface area contributed by atoms with Crippen LogP contribution >= 0.6 is 0 Å². The molecule has 74 valence electrons. The molecule has 2 rings (SSSR count). The van der Waals surface area contributed by atoms with Crippen LogP contribution in [0.3, 0.4) is 0 Å². The van der Waals surface area contributed by atoms with E-state index in [0.29, 0.717) is 5.41 Å². The molecule has 2 aliphatic heterocycles. The van der Waals surface area contributed by atoms with Gasteiger partial charge in [-0.1, -0.05) is 27.7 Å². The molecule has 0 aromatic rings. The largest absolute Gasteiger partial charge is 0.316 e. The second-order valence-corrected chi connectivity index (χ2v) is 3.03. The minimum Gasteiger partial charge on any atom is -0.316 e. The van der Waals surface area contributed by atoms with Crippen LogP contribution in [0.15, 0.2) is 0 Å². The molecule has 0 radical (unpaired) electrons. The molecule has 0 atom stereocenters. The first kappa shape index (κ1) is 11.9. The average molecular weight is 172 g/mol. The first-order chi connectivity index (χ1) is 5.91. The molecule has 1 spiro atoms. The van der Waals surface area contributed by atoms with Crippen molar-refractivity contribution >= 4 is 0 Å². The van der Waals surface area contributed by atoms with Crippen molar-refractivity contribution < 1.29 is 0 Å². The summed E-state index contributed by atoms with van der Waals surface area (Å²) in [6.45, 7) is 13.0. The molecule has 2 N–H and O–H groups in total. The number of nitrogens with one attached hydrogen (secondary N) is 2. The third kappa shape index (κ3) is 2.76. The molecule has 2 heteroatoms. The summed E-state index contributed by atoms with van der Waals surface area (Å²) in [5, 5.41) is 6.68. The monoisotopic (exact) mass is 172 g/mol. The molecular formula is C10H24N2. The maximum Gasteiger partial charge on any atom is 0.00892 e. The van der Waals surface area contributed by atoms with Gasteiger partial charge < -0.3 is 10.6 Å². The van der Waals surface area contributed by atoms with Crippen LogP contribution in [0.5, 0.6) is 0 Å². The molecule has 0 aliphatic carbocycles. The van der Waals surface area contributed by atoms with Gasteiger partial charge in [0.05, 0.1) is 0 Å². The Hall–Kier alpha value is -0.0800. The third-order valence-corrected chi connectivity index (χ3v) is 2.33.